The number of hydrogen-bond donors (Lipinski definition) is 0. The Kier molecular flexibility index (Phi) is 4.74. The van der Waals surface area contributed by atoms with Gasteiger partial charge >= 0.3 is 0 Å². The van der Waals surface area contributed by atoms with Crippen LogP contribution in [0, 0.1) is 0 Å². The van der Waals surface area contributed by atoms with Crippen LogP contribution in [0.5, 0.6) is 0 Å². The number of fused-ring (bicyclic) bond motifs is 1. The van der Waals surface area contributed by atoms with E-state index in [0.29, 0.717) is 17.7 Å². The van der Waals surface area contributed by atoms with Crippen molar-refractivity contribution in [2.45, 2.75) is 25.7 Å². The molecule has 96 valence electrons. The van der Waals surface area contributed by atoms with Crippen LogP contribution in [0.15, 0.2) is 24.3 Å². The highest BCUT2D eigenvalue weighted by atomic mass is 127. The summed E-state index contributed by atoms with van der Waals surface area (Å²) in [4.78, 5) is 25.4. The minimum Gasteiger partial charge on any atom is -0.274 e. The minimum atomic E-state index is -0.135. The van der Waals surface area contributed by atoms with E-state index in [2.05, 4.69) is 22.6 Å². The van der Waals surface area contributed by atoms with Crippen LogP contribution in [0.4, 0.5) is 0 Å². The fourth-order valence-corrected chi connectivity index (χ4v) is 2.70. The molecular weight excluding hydrogens is 341 g/mol. The summed E-state index contributed by atoms with van der Waals surface area (Å²) < 4.78 is 1.17. The van der Waals surface area contributed by atoms with Gasteiger partial charge in [0.1, 0.15) is 0 Å². The van der Waals surface area contributed by atoms with E-state index in [4.69, 9.17) is 0 Å². The van der Waals surface area contributed by atoms with Crippen LogP contribution < -0.4 is 0 Å². The van der Waals surface area contributed by atoms with Crippen molar-refractivity contribution in [1.82, 2.24) is 4.90 Å². The molecule has 0 bridgehead atoms. The van der Waals surface area contributed by atoms with E-state index >= 15 is 0 Å². The Labute approximate surface area is 121 Å². The third kappa shape index (κ3) is 2.74. The molecule has 3 nitrogen and oxygen atoms in total. The van der Waals surface area contributed by atoms with Crippen molar-refractivity contribution in [3.8, 4) is 0 Å². The highest BCUT2D eigenvalue weighted by Crippen LogP contribution is 2.22. The fraction of sp³-hybridized carbons (Fsp3) is 0.429. The van der Waals surface area contributed by atoms with Crippen molar-refractivity contribution in [2.24, 2.45) is 0 Å². The van der Waals surface area contributed by atoms with Crippen LogP contribution in [0.1, 0.15) is 46.4 Å². The molecule has 1 aliphatic rings. The Hall–Kier alpha value is -0.910. The maximum absolute atomic E-state index is 12.0. The van der Waals surface area contributed by atoms with E-state index in [1.807, 2.05) is 0 Å². The number of carbonyl (C=O) groups excluding carboxylic acids is 2. The molecule has 0 fully saturated rings. The van der Waals surface area contributed by atoms with Crippen molar-refractivity contribution < 1.29 is 9.59 Å². The number of rotatable bonds is 6. The molecule has 0 aromatic heterocycles. The lowest BCUT2D eigenvalue weighted by atomic mass is 10.1. The summed E-state index contributed by atoms with van der Waals surface area (Å²) in [5, 5.41) is 0. The maximum atomic E-state index is 12.0. The number of carbonyl (C=O) groups is 2. The van der Waals surface area contributed by atoms with Crippen molar-refractivity contribution in [3.63, 3.8) is 0 Å². The summed E-state index contributed by atoms with van der Waals surface area (Å²) in [7, 11) is 0. The molecule has 1 heterocycles. The Morgan fingerprint density at radius 1 is 0.889 bits per heavy atom. The van der Waals surface area contributed by atoms with Crippen molar-refractivity contribution in [1.29, 1.82) is 0 Å². The van der Waals surface area contributed by atoms with Gasteiger partial charge in [0.05, 0.1) is 11.1 Å². The van der Waals surface area contributed by atoms with Gasteiger partial charge < -0.3 is 0 Å². The van der Waals surface area contributed by atoms with Crippen LogP contribution in [0.3, 0.4) is 0 Å². The molecule has 0 spiro atoms. The minimum absolute atomic E-state index is 0.135. The fourth-order valence-electron chi connectivity index (χ4n) is 2.16. The lowest BCUT2D eigenvalue weighted by Crippen LogP contribution is -2.30. The van der Waals surface area contributed by atoms with E-state index in [1.165, 1.54) is 22.2 Å². The first kappa shape index (κ1) is 13.5. The predicted molar refractivity (Wildman–Crippen MR) is 79.2 cm³/mol. The number of alkyl halides is 1. The van der Waals surface area contributed by atoms with E-state index in [0.717, 1.165) is 12.8 Å². The zero-order chi connectivity index (χ0) is 13.0. The quantitative estimate of drug-likeness (QED) is 0.339. The van der Waals surface area contributed by atoms with Gasteiger partial charge in [0.2, 0.25) is 0 Å². The van der Waals surface area contributed by atoms with Gasteiger partial charge in [-0.15, -0.1) is 0 Å². The average Bonchev–Trinajstić information content (AvgIpc) is 2.64. The molecule has 0 unspecified atom stereocenters. The van der Waals surface area contributed by atoms with Gasteiger partial charge in [0.15, 0.2) is 0 Å². The molecule has 4 heteroatoms. The van der Waals surface area contributed by atoms with Gasteiger partial charge in [0.25, 0.3) is 11.8 Å². The zero-order valence-electron chi connectivity index (χ0n) is 10.2. The molecule has 1 aliphatic heterocycles. The highest BCUT2D eigenvalue weighted by Gasteiger charge is 2.34. The third-order valence-corrected chi connectivity index (χ3v) is 3.91. The van der Waals surface area contributed by atoms with Gasteiger partial charge in [-0.2, -0.15) is 0 Å². The number of unbranched alkanes of at least 4 members (excludes halogenated alkanes) is 3. The van der Waals surface area contributed by atoms with Gasteiger partial charge in [-0.05, 0) is 29.4 Å². The summed E-state index contributed by atoms with van der Waals surface area (Å²) in [5.41, 5.74) is 1.10. The molecule has 0 atom stereocenters. The first-order valence-electron chi connectivity index (χ1n) is 6.27. The molecule has 18 heavy (non-hydrogen) atoms. The highest BCUT2D eigenvalue weighted by molar-refractivity contribution is 14.1. The van der Waals surface area contributed by atoms with Gasteiger partial charge in [-0.1, -0.05) is 47.6 Å². The number of hydrogen-bond acceptors (Lipinski definition) is 2. The van der Waals surface area contributed by atoms with Crippen LogP contribution in [-0.4, -0.2) is 27.7 Å². The second-order valence-corrected chi connectivity index (χ2v) is 5.49. The molecule has 2 rings (SSSR count). The summed E-state index contributed by atoms with van der Waals surface area (Å²) in [6.07, 6.45) is 4.37. The molecule has 0 saturated carbocycles. The molecule has 2 amide bonds. The Balaban J connectivity index is 1.93. The van der Waals surface area contributed by atoms with E-state index in [9.17, 15) is 9.59 Å². The van der Waals surface area contributed by atoms with Crippen molar-refractivity contribution >= 4 is 34.4 Å². The first-order chi connectivity index (χ1) is 8.75. The number of halogens is 1. The molecule has 1 aromatic rings. The first-order valence-corrected chi connectivity index (χ1v) is 7.79. The second-order valence-electron chi connectivity index (χ2n) is 4.41. The summed E-state index contributed by atoms with van der Waals surface area (Å²) >= 11 is 2.37. The summed E-state index contributed by atoms with van der Waals surface area (Å²) in [6.45, 7) is 0.549. The Bertz CT molecular complexity index is 424. The normalized spacial score (nSPS) is 14.2. The number of nitrogens with zero attached hydrogens (tertiary/aromatic N) is 1. The van der Waals surface area contributed by atoms with Crippen molar-refractivity contribution in [2.75, 3.05) is 11.0 Å². The number of imide groups is 1. The predicted octanol–water partition coefficient (Wildman–Crippen LogP) is 3.28. The van der Waals surface area contributed by atoms with Crippen LogP contribution in [-0.2, 0) is 0 Å². The SMILES string of the molecule is O=C1c2ccccc2C(=O)N1CCCCCCI. The summed E-state index contributed by atoms with van der Waals surface area (Å²) in [5.74, 6) is -0.269. The average molecular weight is 357 g/mol. The Morgan fingerprint density at radius 2 is 1.44 bits per heavy atom. The van der Waals surface area contributed by atoms with Crippen molar-refractivity contribution in [3.05, 3.63) is 35.4 Å². The van der Waals surface area contributed by atoms with Gasteiger partial charge in [0, 0.05) is 6.54 Å². The zero-order valence-corrected chi connectivity index (χ0v) is 12.4. The summed E-state index contributed by atoms with van der Waals surface area (Å²) in [6, 6.07) is 7.05. The van der Waals surface area contributed by atoms with E-state index < -0.39 is 0 Å². The Morgan fingerprint density at radius 3 is 2.00 bits per heavy atom. The molecule has 0 aliphatic carbocycles. The molecule has 0 saturated heterocycles. The van der Waals surface area contributed by atoms with Crippen LogP contribution in [0.2, 0.25) is 0 Å². The monoisotopic (exact) mass is 357 g/mol. The largest absolute Gasteiger partial charge is 0.274 e. The smallest absolute Gasteiger partial charge is 0.261 e. The number of benzene rings is 1. The third-order valence-electron chi connectivity index (χ3n) is 3.14. The number of amides is 2. The van der Waals surface area contributed by atoms with Gasteiger partial charge in [-0.25, -0.2) is 0 Å². The molecule has 0 N–H and O–H groups in total. The van der Waals surface area contributed by atoms with Crippen LogP contribution >= 0.6 is 22.6 Å². The molecular formula is C14H16INO2. The second kappa shape index (κ2) is 6.31. The van der Waals surface area contributed by atoms with E-state index in [-0.39, 0.29) is 11.8 Å². The maximum Gasteiger partial charge on any atom is 0.261 e. The lowest BCUT2D eigenvalue weighted by Gasteiger charge is -2.13. The molecule has 0 radical (unpaired) electrons. The lowest BCUT2D eigenvalue weighted by molar-refractivity contribution is 0.0651. The molecule has 1 aromatic carbocycles. The topological polar surface area (TPSA) is 37.4 Å². The van der Waals surface area contributed by atoms with Gasteiger partial charge in [-0.3, -0.25) is 14.5 Å². The van der Waals surface area contributed by atoms with E-state index in [1.54, 1.807) is 24.3 Å². The standard InChI is InChI=1S/C14H16INO2/c15-9-5-1-2-6-10-16-13(17)11-7-3-4-8-12(11)14(16)18/h3-4,7-8H,1-2,5-6,9-10H2. The van der Waals surface area contributed by atoms with Crippen LogP contribution in [0.25, 0.3) is 0 Å².